The first-order valence-electron chi connectivity index (χ1n) is 31.8. The van der Waals surface area contributed by atoms with Crippen molar-refractivity contribution in [2.24, 2.45) is 0 Å². The van der Waals surface area contributed by atoms with Crippen molar-refractivity contribution < 1.29 is 28.6 Å². The number of unbranched alkanes of at least 4 members (excludes halogenated alkanes) is 38. The van der Waals surface area contributed by atoms with Crippen LogP contribution in [-0.2, 0) is 28.6 Å². The molecule has 0 aromatic carbocycles. The van der Waals surface area contributed by atoms with Gasteiger partial charge < -0.3 is 14.2 Å². The first-order valence-corrected chi connectivity index (χ1v) is 31.8. The van der Waals surface area contributed by atoms with E-state index in [2.05, 4.69) is 81.5 Å². The van der Waals surface area contributed by atoms with Crippen molar-refractivity contribution in [1.82, 2.24) is 0 Å². The Morgan fingerprint density at radius 2 is 0.575 bits per heavy atom. The van der Waals surface area contributed by atoms with Gasteiger partial charge in [-0.1, -0.05) is 293 Å². The normalized spacial score (nSPS) is 12.4. The average molecular weight is 1020 g/mol. The van der Waals surface area contributed by atoms with E-state index in [-0.39, 0.29) is 31.1 Å². The molecule has 1 atom stereocenters. The van der Waals surface area contributed by atoms with Gasteiger partial charge in [-0.25, -0.2) is 0 Å². The molecule has 73 heavy (non-hydrogen) atoms. The number of hydrogen-bond donors (Lipinski definition) is 0. The molecule has 0 amide bonds. The first kappa shape index (κ1) is 70.1. The standard InChI is InChI=1S/C67H120O6/c1-4-7-10-13-16-19-22-25-28-31-33-36-39-42-45-48-51-54-57-60-66(69)72-63-64(62-71-65(68)59-56-53-50-47-44-41-38-35-30-27-24-21-18-15-12-9-6-3)73-67(70)61-58-55-52-49-46-43-40-37-34-32-29-26-23-20-17-14-11-8-5-2/h7,10,16-17,19-20,23,25-26,28,64H,4-6,8-9,11-15,18,21-22,24,27,29-63H2,1-3H3/b10-7-,19-16-,20-17-,26-23-,28-25-. The smallest absolute Gasteiger partial charge is 0.306 e. The summed E-state index contributed by atoms with van der Waals surface area (Å²) in [6.07, 6.45) is 77.9. The lowest BCUT2D eigenvalue weighted by Gasteiger charge is -2.18. The molecule has 424 valence electrons. The zero-order chi connectivity index (χ0) is 52.9. The monoisotopic (exact) mass is 1020 g/mol. The first-order chi connectivity index (χ1) is 36.0. The number of carbonyl (C=O) groups is 3. The summed E-state index contributed by atoms with van der Waals surface area (Å²) in [6, 6.07) is 0. The van der Waals surface area contributed by atoms with Crippen LogP contribution >= 0.6 is 0 Å². The molecule has 1 unspecified atom stereocenters. The summed E-state index contributed by atoms with van der Waals surface area (Å²) in [7, 11) is 0. The van der Waals surface area contributed by atoms with Gasteiger partial charge in [-0.3, -0.25) is 14.4 Å². The number of hydrogen-bond acceptors (Lipinski definition) is 6. The molecule has 0 aromatic heterocycles. The van der Waals surface area contributed by atoms with Crippen molar-refractivity contribution in [2.75, 3.05) is 13.2 Å². The zero-order valence-corrected chi connectivity index (χ0v) is 48.7. The van der Waals surface area contributed by atoms with E-state index in [1.165, 1.54) is 212 Å². The summed E-state index contributed by atoms with van der Waals surface area (Å²) < 4.78 is 17.0. The predicted octanol–water partition coefficient (Wildman–Crippen LogP) is 21.6. The van der Waals surface area contributed by atoms with Gasteiger partial charge in [0.1, 0.15) is 13.2 Å². The fourth-order valence-corrected chi connectivity index (χ4v) is 9.27. The summed E-state index contributed by atoms with van der Waals surface area (Å²) in [4.78, 5) is 38.3. The van der Waals surface area contributed by atoms with Crippen molar-refractivity contribution in [2.45, 2.75) is 335 Å². The van der Waals surface area contributed by atoms with Gasteiger partial charge in [0.25, 0.3) is 0 Å². The predicted molar refractivity (Wildman–Crippen MR) is 316 cm³/mol. The van der Waals surface area contributed by atoms with Crippen LogP contribution in [0.25, 0.3) is 0 Å². The summed E-state index contributed by atoms with van der Waals surface area (Å²) in [5, 5.41) is 0. The van der Waals surface area contributed by atoms with Crippen LogP contribution in [0.3, 0.4) is 0 Å². The number of rotatable bonds is 58. The van der Waals surface area contributed by atoms with Crippen molar-refractivity contribution >= 4 is 17.9 Å². The SMILES string of the molecule is CC/C=C\C/C=C\C/C=C\CCCCCCCCCCCC(=O)OCC(COC(=O)CCCCCCCCCCCCCCCCCCC)OC(=O)CCCCCCCCCCCC/C=C\C=C/CCCCC. The number of carbonyl (C=O) groups excluding carboxylic acids is 3. The molecular formula is C67H120O6. The fourth-order valence-electron chi connectivity index (χ4n) is 9.27. The van der Waals surface area contributed by atoms with Gasteiger partial charge in [-0.05, 0) is 77.0 Å². The molecule has 0 aliphatic carbocycles. The highest BCUT2D eigenvalue weighted by atomic mass is 16.6. The maximum atomic E-state index is 12.9. The third-order valence-corrected chi connectivity index (χ3v) is 14.0. The lowest BCUT2D eigenvalue weighted by atomic mass is 10.0. The summed E-state index contributed by atoms with van der Waals surface area (Å²) in [5.74, 6) is -0.863. The van der Waals surface area contributed by atoms with Gasteiger partial charge in [-0.2, -0.15) is 0 Å². The Kier molecular flexibility index (Phi) is 59.2. The molecule has 0 saturated carbocycles. The topological polar surface area (TPSA) is 78.9 Å². The Balaban J connectivity index is 4.36. The van der Waals surface area contributed by atoms with Gasteiger partial charge >= 0.3 is 17.9 Å². The molecule has 0 aliphatic heterocycles. The van der Waals surface area contributed by atoms with Crippen LogP contribution in [0.1, 0.15) is 329 Å². The maximum absolute atomic E-state index is 12.9. The molecule has 0 N–H and O–H groups in total. The molecule has 0 heterocycles. The molecular weight excluding hydrogens is 901 g/mol. The van der Waals surface area contributed by atoms with E-state index < -0.39 is 6.10 Å². The second-order valence-electron chi connectivity index (χ2n) is 21.3. The molecule has 0 spiro atoms. The van der Waals surface area contributed by atoms with Gasteiger partial charge in [0.05, 0.1) is 0 Å². The van der Waals surface area contributed by atoms with Crippen LogP contribution < -0.4 is 0 Å². The molecule has 0 bridgehead atoms. The minimum absolute atomic E-state index is 0.0736. The van der Waals surface area contributed by atoms with Crippen LogP contribution in [0.4, 0.5) is 0 Å². The lowest BCUT2D eigenvalue weighted by Crippen LogP contribution is -2.30. The molecule has 6 nitrogen and oxygen atoms in total. The second kappa shape index (κ2) is 61.7. The van der Waals surface area contributed by atoms with E-state index in [1.807, 2.05) is 0 Å². The lowest BCUT2D eigenvalue weighted by molar-refractivity contribution is -0.167. The van der Waals surface area contributed by atoms with Crippen LogP contribution in [0.5, 0.6) is 0 Å². The fraction of sp³-hybridized carbons (Fsp3) is 0.806. The van der Waals surface area contributed by atoms with E-state index in [4.69, 9.17) is 14.2 Å². The molecule has 0 saturated heterocycles. The van der Waals surface area contributed by atoms with E-state index in [9.17, 15) is 14.4 Å². The van der Waals surface area contributed by atoms with E-state index in [0.717, 1.165) is 77.0 Å². The Morgan fingerprint density at radius 1 is 0.301 bits per heavy atom. The van der Waals surface area contributed by atoms with Crippen LogP contribution in [0, 0.1) is 0 Å². The summed E-state index contributed by atoms with van der Waals surface area (Å²) in [5.41, 5.74) is 0. The van der Waals surface area contributed by atoms with Gasteiger partial charge in [0.15, 0.2) is 6.10 Å². The van der Waals surface area contributed by atoms with E-state index >= 15 is 0 Å². The Labute approximate surface area is 453 Å². The minimum atomic E-state index is -0.778. The van der Waals surface area contributed by atoms with Gasteiger partial charge in [0.2, 0.25) is 0 Å². The molecule has 0 rings (SSSR count). The average Bonchev–Trinajstić information content (AvgIpc) is 3.39. The van der Waals surface area contributed by atoms with Gasteiger partial charge in [0, 0.05) is 19.3 Å². The van der Waals surface area contributed by atoms with Crippen molar-refractivity contribution in [3.63, 3.8) is 0 Å². The third-order valence-electron chi connectivity index (χ3n) is 14.0. The van der Waals surface area contributed by atoms with Crippen molar-refractivity contribution in [3.05, 3.63) is 60.8 Å². The zero-order valence-electron chi connectivity index (χ0n) is 48.7. The minimum Gasteiger partial charge on any atom is -0.462 e. The molecule has 0 fully saturated rings. The quantitative estimate of drug-likeness (QED) is 0.0199. The third kappa shape index (κ3) is 59.9. The largest absolute Gasteiger partial charge is 0.462 e. The highest BCUT2D eigenvalue weighted by Gasteiger charge is 2.19. The highest BCUT2D eigenvalue weighted by Crippen LogP contribution is 2.17. The molecule has 6 heteroatoms. The van der Waals surface area contributed by atoms with E-state index in [0.29, 0.717) is 19.3 Å². The molecule has 0 aliphatic rings. The Hall–Kier alpha value is -2.89. The summed E-state index contributed by atoms with van der Waals surface area (Å²) >= 11 is 0. The number of esters is 3. The van der Waals surface area contributed by atoms with Crippen LogP contribution in [0.15, 0.2) is 60.8 Å². The number of allylic oxidation sites excluding steroid dienone is 10. The molecule has 0 radical (unpaired) electrons. The Morgan fingerprint density at radius 3 is 0.945 bits per heavy atom. The molecule has 0 aromatic rings. The van der Waals surface area contributed by atoms with Crippen molar-refractivity contribution in [1.29, 1.82) is 0 Å². The highest BCUT2D eigenvalue weighted by molar-refractivity contribution is 5.71. The Bertz CT molecular complexity index is 1310. The summed E-state index contributed by atoms with van der Waals surface area (Å²) in [6.45, 7) is 6.55. The second-order valence-corrected chi connectivity index (χ2v) is 21.3. The number of ether oxygens (including phenoxy) is 3. The van der Waals surface area contributed by atoms with Crippen LogP contribution in [0.2, 0.25) is 0 Å². The van der Waals surface area contributed by atoms with Crippen molar-refractivity contribution in [3.8, 4) is 0 Å². The van der Waals surface area contributed by atoms with Crippen LogP contribution in [-0.4, -0.2) is 37.2 Å². The maximum Gasteiger partial charge on any atom is 0.306 e. The van der Waals surface area contributed by atoms with Gasteiger partial charge in [-0.15, -0.1) is 0 Å². The van der Waals surface area contributed by atoms with E-state index in [1.54, 1.807) is 0 Å².